The molecule has 1 aromatic carbocycles. The summed E-state index contributed by atoms with van der Waals surface area (Å²) in [6.45, 7) is 3.84. The van der Waals surface area contributed by atoms with Crippen molar-refractivity contribution in [1.29, 1.82) is 0 Å². The van der Waals surface area contributed by atoms with E-state index in [0.29, 0.717) is 17.3 Å². The van der Waals surface area contributed by atoms with Gasteiger partial charge in [-0.25, -0.2) is 14.8 Å². The van der Waals surface area contributed by atoms with Crippen LogP contribution in [0.4, 0.5) is 11.6 Å². The van der Waals surface area contributed by atoms with Crippen LogP contribution in [0.25, 0.3) is 0 Å². The van der Waals surface area contributed by atoms with E-state index in [1.807, 2.05) is 19.9 Å². The first-order chi connectivity index (χ1) is 11.6. The number of rotatable bonds is 4. The Hall–Kier alpha value is -3.28. The lowest BCUT2D eigenvalue weighted by molar-refractivity contribution is 0.0734. The molecule has 0 fully saturated rings. The van der Waals surface area contributed by atoms with Gasteiger partial charge in [0.05, 0.1) is 5.56 Å². The van der Waals surface area contributed by atoms with Crippen molar-refractivity contribution in [3.8, 4) is 5.75 Å². The van der Waals surface area contributed by atoms with Crippen LogP contribution in [-0.2, 0) is 0 Å². The number of anilines is 2. The number of nitrogens with one attached hydrogen (secondary N) is 1. The van der Waals surface area contributed by atoms with Gasteiger partial charge in [-0.05, 0) is 56.3 Å². The molecule has 3 rings (SSSR count). The molecule has 0 saturated carbocycles. The number of ether oxygens (including phenoxy) is 1. The molecular weight excluding hydrogens is 304 g/mol. The standard InChI is InChI=1S/C18H16N4O2/c1-12-11-13(2)21-18(20-12)22-15-3-5-16(6-4-15)24-17(23)14-7-9-19-10-8-14/h3-11H,1-2H3,(H,20,21,22). The summed E-state index contributed by atoms with van der Waals surface area (Å²) in [6, 6.07) is 12.2. The van der Waals surface area contributed by atoms with Crippen LogP contribution in [0.2, 0.25) is 0 Å². The summed E-state index contributed by atoms with van der Waals surface area (Å²) in [7, 11) is 0. The van der Waals surface area contributed by atoms with Gasteiger partial charge in [-0.15, -0.1) is 0 Å². The van der Waals surface area contributed by atoms with E-state index < -0.39 is 5.97 Å². The third kappa shape index (κ3) is 3.92. The molecule has 0 saturated heterocycles. The molecule has 0 atom stereocenters. The third-order valence-corrected chi connectivity index (χ3v) is 3.22. The van der Waals surface area contributed by atoms with Crippen LogP contribution in [-0.4, -0.2) is 20.9 Å². The first kappa shape index (κ1) is 15.6. The number of carbonyl (C=O) groups excluding carboxylic acids is 1. The highest BCUT2D eigenvalue weighted by molar-refractivity contribution is 5.90. The minimum atomic E-state index is -0.421. The second-order valence-corrected chi connectivity index (χ2v) is 5.25. The van der Waals surface area contributed by atoms with E-state index in [0.717, 1.165) is 17.1 Å². The minimum absolute atomic E-state index is 0.421. The molecule has 1 N–H and O–H groups in total. The Balaban J connectivity index is 1.68. The Bertz CT molecular complexity index is 828. The highest BCUT2D eigenvalue weighted by Crippen LogP contribution is 2.19. The molecule has 6 heteroatoms. The number of pyridine rings is 1. The van der Waals surface area contributed by atoms with Crippen molar-refractivity contribution in [3.05, 3.63) is 71.8 Å². The fourth-order valence-electron chi connectivity index (χ4n) is 2.17. The minimum Gasteiger partial charge on any atom is -0.423 e. The first-order valence-electron chi connectivity index (χ1n) is 7.42. The Morgan fingerprint density at radius 2 is 1.58 bits per heavy atom. The maximum Gasteiger partial charge on any atom is 0.343 e. The lowest BCUT2D eigenvalue weighted by Crippen LogP contribution is -2.08. The second-order valence-electron chi connectivity index (χ2n) is 5.25. The quantitative estimate of drug-likeness (QED) is 0.586. The average molecular weight is 320 g/mol. The van der Waals surface area contributed by atoms with Crippen molar-refractivity contribution in [1.82, 2.24) is 15.0 Å². The smallest absolute Gasteiger partial charge is 0.343 e. The summed E-state index contributed by atoms with van der Waals surface area (Å²) in [5, 5.41) is 3.13. The van der Waals surface area contributed by atoms with Crippen LogP contribution in [0, 0.1) is 13.8 Å². The molecule has 0 aliphatic heterocycles. The lowest BCUT2D eigenvalue weighted by Gasteiger charge is -2.08. The van der Waals surface area contributed by atoms with Crippen LogP contribution in [0.1, 0.15) is 21.7 Å². The Morgan fingerprint density at radius 3 is 2.21 bits per heavy atom. The number of hydrogen-bond donors (Lipinski definition) is 1. The van der Waals surface area contributed by atoms with Gasteiger partial charge in [0.15, 0.2) is 0 Å². The Morgan fingerprint density at radius 1 is 0.958 bits per heavy atom. The van der Waals surface area contributed by atoms with Crippen molar-refractivity contribution < 1.29 is 9.53 Å². The molecule has 24 heavy (non-hydrogen) atoms. The largest absolute Gasteiger partial charge is 0.423 e. The summed E-state index contributed by atoms with van der Waals surface area (Å²) >= 11 is 0. The number of hydrogen-bond acceptors (Lipinski definition) is 6. The van der Waals surface area contributed by atoms with Crippen LogP contribution < -0.4 is 10.1 Å². The van der Waals surface area contributed by atoms with Gasteiger partial charge in [0.25, 0.3) is 0 Å². The van der Waals surface area contributed by atoms with Gasteiger partial charge in [0.1, 0.15) is 5.75 Å². The van der Waals surface area contributed by atoms with Crippen LogP contribution in [0.5, 0.6) is 5.75 Å². The maximum absolute atomic E-state index is 12.0. The molecule has 0 aliphatic carbocycles. The van der Waals surface area contributed by atoms with Gasteiger partial charge < -0.3 is 10.1 Å². The number of aromatic nitrogens is 3. The van der Waals surface area contributed by atoms with E-state index in [1.165, 1.54) is 0 Å². The zero-order chi connectivity index (χ0) is 16.9. The number of carbonyl (C=O) groups is 1. The zero-order valence-corrected chi connectivity index (χ0v) is 13.4. The van der Waals surface area contributed by atoms with Crippen molar-refractivity contribution >= 4 is 17.6 Å². The van der Waals surface area contributed by atoms with E-state index in [4.69, 9.17) is 4.74 Å². The molecular formula is C18H16N4O2. The Kier molecular flexibility index (Phi) is 4.47. The van der Waals surface area contributed by atoms with Gasteiger partial charge in [-0.3, -0.25) is 4.98 Å². The predicted molar refractivity (Wildman–Crippen MR) is 90.4 cm³/mol. The third-order valence-electron chi connectivity index (χ3n) is 3.22. The monoisotopic (exact) mass is 320 g/mol. The number of benzene rings is 1. The summed E-state index contributed by atoms with van der Waals surface area (Å²) in [4.78, 5) is 24.5. The van der Waals surface area contributed by atoms with Gasteiger partial charge in [0.2, 0.25) is 5.95 Å². The lowest BCUT2D eigenvalue weighted by atomic mass is 10.2. The van der Waals surface area contributed by atoms with Crippen molar-refractivity contribution in [2.75, 3.05) is 5.32 Å². The molecule has 6 nitrogen and oxygen atoms in total. The molecule has 0 bridgehead atoms. The van der Waals surface area contributed by atoms with Crippen molar-refractivity contribution in [2.45, 2.75) is 13.8 Å². The predicted octanol–water partition coefficient (Wildman–Crippen LogP) is 3.45. The number of aryl methyl sites for hydroxylation is 2. The topological polar surface area (TPSA) is 77.0 Å². The van der Waals surface area contributed by atoms with E-state index >= 15 is 0 Å². The SMILES string of the molecule is Cc1cc(C)nc(Nc2ccc(OC(=O)c3ccncc3)cc2)n1. The van der Waals surface area contributed by atoms with Gasteiger partial charge in [-0.2, -0.15) is 0 Å². The van der Waals surface area contributed by atoms with Crippen molar-refractivity contribution in [2.24, 2.45) is 0 Å². The number of nitrogens with zero attached hydrogens (tertiary/aromatic N) is 3. The zero-order valence-electron chi connectivity index (χ0n) is 13.4. The summed E-state index contributed by atoms with van der Waals surface area (Å²) < 4.78 is 5.32. The summed E-state index contributed by atoms with van der Waals surface area (Å²) in [5.41, 5.74) is 3.06. The van der Waals surface area contributed by atoms with E-state index in [-0.39, 0.29) is 0 Å². The molecule has 0 amide bonds. The fraction of sp³-hybridized carbons (Fsp3) is 0.111. The van der Waals surface area contributed by atoms with Crippen LogP contribution in [0.15, 0.2) is 54.9 Å². The highest BCUT2D eigenvalue weighted by Gasteiger charge is 2.08. The Labute approximate surface area is 139 Å². The average Bonchev–Trinajstić information content (AvgIpc) is 2.56. The van der Waals surface area contributed by atoms with Crippen LogP contribution >= 0.6 is 0 Å². The molecule has 2 heterocycles. The fourth-order valence-corrected chi connectivity index (χ4v) is 2.17. The molecule has 120 valence electrons. The molecule has 0 aliphatic rings. The van der Waals surface area contributed by atoms with Gasteiger partial charge >= 0.3 is 5.97 Å². The first-order valence-corrected chi connectivity index (χ1v) is 7.42. The molecule has 0 unspecified atom stereocenters. The van der Waals surface area contributed by atoms with Gasteiger partial charge in [-0.1, -0.05) is 0 Å². The normalized spacial score (nSPS) is 10.2. The summed E-state index contributed by atoms with van der Waals surface area (Å²) in [6.07, 6.45) is 3.10. The highest BCUT2D eigenvalue weighted by atomic mass is 16.5. The van der Waals surface area contributed by atoms with E-state index in [2.05, 4.69) is 20.3 Å². The number of esters is 1. The van der Waals surface area contributed by atoms with E-state index in [1.54, 1.807) is 48.8 Å². The molecule has 0 radical (unpaired) electrons. The molecule has 3 aromatic rings. The molecule has 2 aromatic heterocycles. The maximum atomic E-state index is 12.0. The van der Waals surface area contributed by atoms with Crippen LogP contribution in [0.3, 0.4) is 0 Å². The van der Waals surface area contributed by atoms with Gasteiger partial charge in [0, 0.05) is 29.5 Å². The molecule has 0 spiro atoms. The summed E-state index contributed by atoms with van der Waals surface area (Å²) in [5.74, 6) is 0.577. The van der Waals surface area contributed by atoms with E-state index in [9.17, 15) is 4.79 Å². The van der Waals surface area contributed by atoms with Crippen molar-refractivity contribution in [3.63, 3.8) is 0 Å². The second kappa shape index (κ2) is 6.87.